The Morgan fingerprint density at radius 2 is 2.22 bits per heavy atom. The van der Waals surface area contributed by atoms with Gasteiger partial charge < -0.3 is 0 Å². The van der Waals surface area contributed by atoms with Gasteiger partial charge in [-0.2, -0.15) is 5.26 Å². The first-order valence-corrected chi connectivity index (χ1v) is 4.59. The predicted octanol–water partition coefficient (Wildman–Crippen LogP) is -0.0569. The monoisotopic (exact) mass is 145 g/mol. The molecule has 50 valence electrons. The van der Waals surface area contributed by atoms with E-state index in [2.05, 4.69) is 0 Å². The molecule has 0 aromatic carbocycles. The topological polar surface area (TPSA) is 57.9 Å². The smallest absolute Gasteiger partial charge is 0.151 e. The van der Waals surface area contributed by atoms with Crippen LogP contribution in [0.2, 0.25) is 0 Å². The molecule has 2 atom stereocenters. The highest BCUT2D eigenvalue weighted by molar-refractivity contribution is 7.91. The van der Waals surface area contributed by atoms with Gasteiger partial charge in [0.1, 0.15) is 0 Å². The Bertz CT molecular complexity index is 249. The zero-order valence-electron chi connectivity index (χ0n) is 5.03. The third-order valence-electron chi connectivity index (χ3n) is 1.45. The molecule has 0 N–H and O–H groups in total. The second-order valence-electron chi connectivity index (χ2n) is 2.34. The normalized spacial score (nSPS) is 33.3. The molecule has 0 aromatic heterocycles. The second kappa shape index (κ2) is 1.71. The van der Waals surface area contributed by atoms with Crippen molar-refractivity contribution in [2.45, 2.75) is 11.7 Å². The lowest BCUT2D eigenvalue weighted by Crippen LogP contribution is -2.04. The summed E-state index contributed by atoms with van der Waals surface area (Å²) in [6.45, 7) is 0. The van der Waals surface area contributed by atoms with Crippen molar-refractivity contribution >= 4 is 9.84 Å². The van der Waals surface area contributed by atoms with Gasteiger partial charge in [0.2, 0.25) is 0 Å². The molecule has 4 heteroatoms. The van der Waals surface area contributed by atoms with Gasteiger partial charge in [-0.1, -0.05) is 0 Å². The van der Waals surface area contributed by atoms with Crippen LogP contribution in [0.4, 0.5) is 0 Å². The Morgan fingerprint density at radius 1 is 1.67 bits per heavy atom. The molecule has 0 aliphatic heterocycles. The molecule has 0 heterocycles. The van der Waals surface area contributed by atoms with Crippen LogP contribution in [0.3, 0.4) is 0 Å². The maximum Gasteiger partial charge on any atom is 0.151 e. The lowest BCUT2D eigenvalue weighted by atomic mass is 10.5. The third-order valence-corrected chi connectivity index (χ3v) is 3.07. The van der Waals surface area contributed by atoms with Crippen LogP contribution >= 0.6 is 0 Å². The fourth-order valence-electron chi connectivity index (χ4n) is 0.781. The zero-order valence-corrected chi connectivity index (χ0v) is 5.85. The van der Waals surface area contributed by atoms with Crippen LogP contribution in [-0.2, 0) is 9.84 Å². The molecule has 0 radical (unpaired) electrons. The summed E-state index contributed by atoms with van der Waals surface area (Å²) in [6.07, 6.45) is 1.71. The molecular formula is C5H7NO2S. The van der Waals surface area contributed by atoms with E-state index in [9.17, 15) is 8.42 Å². The quantitative estimate of drug-likeness (QED) is 0.519. The van der Waals surface area contributed by atoms with Crippen LogP contribution in [0.25, 0.3) is 0 Å². The highest BCUT2D eigenvalue weighted by atomic mass is 32.2. The van der Waals surface area contributed by atoms with E-state index in [0.29, 0.717) is 6.42 Å². The van der Waals surface area contributed by atoms with Gasteiger partial charge in [0, 0.05) is 6.26 Å². The summed E-state index contributed by atoms with van der Waals surface area (Å²) in [5.74, 6) is -0.222. The molecule has 1 aliphatic carbocycles. The number of nitriles is 1. The average Bonchev–Trinajstić information content (AvgIpc) is 2.39. The van der Waals surface area contributed by atoms with Crippen LogP contribution in [0.1, 0.15) is 6.42 Å². The van der Waals surface area contributed by atoms with E-state index >= 15 is 0 Å². The highest BCUT2D eigenvalue weighted by Crippen LogP contribution is 2.35. The molecule has 9 heavy (non-hydrogen) atoms. The number of sulfone groups is 1. The van der Waals surface area contributed by atoms with E-state index in [1.165, 1.54) is 6.26 Å². The second-order valence-corrected chi connectivity index (χ2v) is 4.60. The van der Waals surface area contributed by atoms with Crippen molar-refractivity contribution in [2.24, 2.45) is 5.92 Å². The standard InChI is InChI=1S/C5H7NO2S/c1-9(7,8)5-2-4(5)3-6/h4-5H,2H2,1H3. The van der Waals surface area contributed by atoms with Gasteiger partial charge in [-0.05, 0) is 6.42 Å². The van der Waals surface area contributed by atoms with E-state index in [4.69, 9.17) is 5.26 Å². The molecule has 0 amide bonds. The van der Waals surface area contributed by atoms with Crippen molar-refractivity contribution in [3.05, 3.63) is 0 Å². The fraction of sp³-hybridized carbons (Fsp3) is 0.800. The van der Waals surface area contributed by atoms with Gasteiger partial charge in [0.25, 0.3) is 0 Å². The van der Waals surface area contributed by atoms with E-state index in [1.807, 2.05) is 6.07 Å². The summed E-state index contributed by atoms with van der Waals surface area (Å²) in [4.78, 5) is 0. The summed E-state index contributed by atoms with van der Waals surface area (Å²) in [5.41, 5.74) is 0. The van der Waals surface area contributed by atoms with Crippen molar-refractivity contribution in [1.82, 2.24) is 0 Å². The first kappa shape index (κ1) is 6.56. The van der Waals surface area contributed by atoms with Crippen LogP contribution in [0.15, 0.2) is 0 Å². The minimum absolute atomic E-state index is 0.222. The molecule has 3 nitrogen and oxygen atoms in total. The van der Waals surface area contributed by atoms with E-state index in [1.54, 1.807) is 0 Å². The fourth-order valence-corrected chi connectivity index (χ4v) is 2.00. The summed E-state index contributed by atoms with van der Waals surface area (Å²) < 4.78 is 21.2. The van der Waals surface area contributed by atoms with Crippen LogP contribution in [0, 0.1) is 17.2 Å². The molecule has 1 fully saturated rings. The molecule has 0 spiro atoms. The Morgan fingerprint density at radius 3 is 2.33 bits per heavy atom. The van der Waals surface area contributed by atoms with Gasteiger partial charge >= 0.3 is 0 Å². The Kier molecular flexibility index (Phi) is 1.24. The van der Waals surface area contributed by atoms with Gasteiger partial charge in [0.15, 0.2) is 9.84 Å². The summed E-state index contributed by atoms with van der Waals surface area (Å²) >= 11 is 0. The van der Waals surface area contributed by atoms with Crippen LogP contribution in [-0.4, -0.2) is 19.9 Å². The molecule has 2 unspecified atom stereocenters. The summed E-state index contributed by atoms with van der Waals surface area (Å²) in [5, 5.41) is 7.87. The maximum atomic E-state index is 10.6. The minimum Gasteiger partial charge on any atom is -0.229 e. The van der Waals surface area contributed by atoms with E-state index in [-0.39, 0.29) is 11.2 Å². The molecule has 1 rings (SSSR count). The predicted molar refractivity (Wildman–Crippen MR) is 32.4 cm³/mol. The SMILES string of the molecule is CS(=O)(=O)C1CC1C#N. The van der Waals surface area contributed by atoms with E-state index < -0.39 is 9.84 Å². The van der Waals surface area contributed by atoms with Crippen molar-refractivity contribution in [1.29, 1.82) is 5.26 Å². The summed E-state index contributed by atoms with van der Waals surface area (Å²) in [7, 11) is -2.91. The van der Waals surface area contributed by atoms with Gasteiger partial charge in [0.05, 0.1) is 17.2 Å². The molecule has 0 bridgehead atoms. The number of nitrogens with zero attached hydrogens (tertiary/aromatic N) is 1. The van der Waals surface area contributed by atoms with Crippen molar-refractivity contribution in [2.75, 3.05) is 6.26 Å². The largest absolute Gasteiger partial charge is 0.229 e. The highest BCUT2D eigenvalue weighted by Gasteiger charge is 2.45. The first-order chi connectivity index (χ1) is 4.05. The Hall–Kier alpha value is -0.560. The lowest BCUT2D eigenvalue weighted by Gasteiger charge is -1.86. The molecular weight excluding hydrogens is 138 g/mol. The third kappa shape index (κ3) is 1.22. The first-order valence-electron chi connectivity index (χ1n) is 2.64. The molecule has 1 aliphatic rings. The van der Waals surface area contributed by atoms with Crippen molar-refractivity contribution in [3.8, 4) is 6.07 Å². The number of rotatable bonds is 1. The minimum atomic E-state index is -2.91. The van der Waals surface area contributed by atoms with E-state index in [0.717, 1.165) is 0 Å². The van der Waals surface area contributed by atoms with Crippen LogP contribution < -0.4 is 0 Å². The maximum absolute atomic E-state index is 10.6. The Balaban J connectivity index is 2.66. The molecule has 0 aromatic rings. The Labute approximate surface area is 54.2 Å². The van der Waals surface area contributed by atoms with Crippen molar-refractivity contribution < 1.29 is 8.42 Å². The average molecular weight is 145 g/mol. The van der Waals surface area contributed by atoms with Gasteiger partial charge in [-0.3, -0.25) is 0 Å². The number of hydrogen-bond donors (Lipinski definition) is 0. The van der Waals surface area contributed by atoms with Gasteiger partial charge in [-0.15, -0.1) is 0 Å². The molecule has 0 saturated heterocycles. The summed E-state index contributed by atoms with van der Waals surface area (Å²) in [6, 6.07) is 1.92. The van der Waals surface area contributed by atoms with Crippen molar-refractivity contribution in [3.63, 3.8) is 0 Å². The van der Waals surface area contributed by atoms with Gasteiger partial charge in [-0.25, -0.2) is 8.42 Å². The van der Waals surface area contributed by atoms with Crippen LogP contribution in [0.5, 0.6) is 0 Å². The zero-order chi connectivity index (χ0) is 7.07. The molecule has 1 saturated carbocycles. The lowest BCUT2D eigenvalue weighted by molar-refractivity contribution is 0.599. The number of hydrogen-bond acceptors (Lipinski definition) is 3.